The van der Waals surface area contributed by atoms with Crippen molar-refractivity contribution < 1.29 is 13.3 Å². The van der Waals surface area contributed by atoms with E-state index in [4.69, 9.17) is 13.3 Å². The smallest absolute Gasteiger partial charge is 0.184 e. The molecule has 0 aromatic rings. The highest BCUT2D eigenvalue weighted by Gasteiger charge is 2.60. The van der Waals surface area contributed by atoms with Gasteiger partial charge >= 0.3 is 0 Å². The average molecular weight is 551 g/mol. The van der Waals surface area contributed by atoms with E-state index in [9.17, 15) is 0 Å². The molecule has 0 amide bonds. The Balaban J connectivity index is 1.53. The Labute approximate surface area is 226 Å². The maximum atomic E-state index is 6.94. The van der Waals surface area contributed by atoms with Crippen LogP contribution >= 0.6 is 0 Å². The van der Waals surface area contributed by atoms with Crippen molar-refractivity contribution in [2.45, 2.75) is 136 Å². The maximum Gasteiger partial charge on any atom is 0.184 e. The molecule has 6 heteroatoms. The van der Waals surface area contributed by atoms with Gasteiger partial charge in [0.15, 0.2) is 25.0 Å². The number of rotatable bonds is 8. The first-order valence-corrected chi connectivity index (χ1v) is 25.3. The Morgan fingerprint density at radius 2 is 1.53 bits per heavy atom. The lowest BCUT2D eigenvalue weighted by atomic mass is 9.47. The van der Waals surface area contributed by atoms with E-state index in [1.165, 1.54) is 51.4 Å². The zero-order valence-corrected chi connectivity index (χ0v) is 28.6. The molecule has 0 aromatic carbocycles. The Kier molecular flexibility index (Phi) is 8.15. The quantitative estimate of drug-likeness (QED) is 0.223. The normalized spacial score (nSPS) is 40.2. The molecule has 4 aliphatic carbocycles. The Morgan fingerprint density at radius 1 is 0.833 bits per heavy atom. The third kappa shape index (κ3) is 6.19. The fourth-order valence-corrected chi connectivity index (χ4v) is 11.9. The van der Waals surface area contributed by atoms with Gasteiger partial charge in [-0.15, -0.1) is 0 Å². The van der Waals surface area contributed by atoms with Gasteiger partial charge in [0.05, 0.1) is 12.7 Å². The second-order valence-corrected chi connectivity index (χ2v) is 29.7. The van der Waals surface area contributed by atoms with Gasteiger partial charge in [-0.05, 0) is 145 Å². The summed E-state index contributed by atoms with van der Waals surface area (Å²) >= 11 is 0. The first-order valence-electron chi connectivity index (χ1n) is 15.1. The molecule has 0 bridgehead atoms. The van der Waals surface area contributed by atoms with Gasteiger partial charge in [-0.2, -0.15) is 0 Å². The summed E-state index contributed by atoms with van der Waals surface area (Å²) in [7, 11) is -4.71. The molecule has 3 saturated carbocycles. The van der Waals surface area contributed by atoms with Gasteiger partial charge in [-0.3, -0.25) is 0 Å². The molecular weight excluding hydrogens is 493 g/mol. The van der Waals surface area contributed by atoms with E-state index in [1.807, 2.05) is 0 Å². The largest absolute Gasteiger partial charge is 0.415 e. The van der Waals surface area contributed by atoms with E-state index in [0.717, 1.165) is 24.4 Å². The topological polar surface area (TPSA) is 27.7 Å². The summed E-state index contributed by atoms with van der Waals surface area (Å²) in [6.45, 7) is 27.2. The predicted molar refractivity (Wildman–Crippen MR) is 161 cm³/mol. The van der Waals surface area contributed by atoms with Gasteiger partial charge in [-0.1, -0.05) is 25.5 Å². The summed E-state index contributed by atoms with van der Waals surface area (Å²) in [5, 5.41) is 0. The Hall–Kier alpha value is 0.271. The average Bonchev–Trinajstić information content (AvgIpc) is 3.06. The molecule has 3 unspecified atom stereocenters. The monoisotopic (exact) mass is 550 g/mol. The van der Waals surface area contributed by atoms with E-state index in [-0.39, 0.29) is 6.10 Å². The van der Waals surface area contributed by atoms with Gasteiger partial charge in [0, 0.05) is 6.10 Å². The molecule has 0 spiro atoms. The van der Waals surface area contributed by atoms with E-state index < -0.39 is 25.0 Å². The van der Waals surface area contributed by atoms with Gasteiger partial charge in [0.2, 0.25) is 0 Å². The van der Waals surface area contributed by atoms with Crippen LogP contribution in [0.5, 0.6) is 0 Å². The molecule has 36 heavy (non-hydrogen) atoms. The molecule has 3 fully saturated rings. The van der Waals surface area contributed by atoms with Crippen LogP contribution in [0.1, 0.15) is 65.2 Å². The molecule has 208 valence electrons. The minimum Gasteiger partial charge on any atom is -0.415 e. The molecule has 0 radical (unpaired) electrons. The molecule has 3 nitrogen and oxygen atoms in total. The van der Waals surface area contributed by atoms with Crippen molar-refractivity contribution in [1.29, 1.82) is 0 Å². The van der Waals surface area contributed by atoms with E-state index >= 15 is 0 Å². The van der Waals surface area contributed by atoms with Crippen molar-refractivity contribution >= 4 is 25.0 Å². The summed E-state index contributed by atoms with van der Waals surface area (Å²) in [6.07, 6.45) is 14.0. The number of allylic oxidation sites excluding steroid dienone is 1. The fourth-order valence-electron chi connectivity index (χ4n) is 8.90. The second-order valence-electron chi connectivity index (χ2n) is 16.3. The molecule has 0 N–H and O–H groups in total. The van der Waals surface area contributed by atoms with E-state index in [2.05, 4.69) is 78.8 Å². The summed E-state index contributed by atoms with van der Waals surface area (Å²) in [5.74, 6) is 3.19. The number of hydrogen-bond donors (Lipinski definition) is 0. The van der Waals surface area contributed by atoms with Gasteiger partial charge in [0.25, 0.3) is 0 Å². The van der Waals surface area contributed by atoms with Crippen LogP contribution in [0.4, 0.5) is 0 Å². The number of hydrogen-bond acceptors (Lipinski definition) is 3. The fraction of sp³-hybridized carbons (Fsp3) is 0.933. The third-order valence-corrected chi connectivity index (χ3v) is 13.4. The minimum absolute atomic E-state index is 0.273. The summed E-state index contributed by atoms with van der Waals surface area (Å²) in [5.41, 5.74) is 2.55. The van der Waals surface area contributed by atoms with Crippen molar-refractivity contribution in [2.24, 2.45) is 34.5 Å². The lowest BCUT2D eigenvalue weighted by Crippen LogP contribution is -2.53. The van der Waals surface area contributed by atoms with Crippen molar-refractivity contribution in [3.8, 4) is 0 Å². The Morgan fingerprint density at radius 3 is 2.14 bits per heavy atom. The molecule has 4 rings (SSSR count). The van der Waals surface area contributed by atoms with Crippen molar-refractivity contribution in [1.82, 2.24) is 0 Å². The van der Waals surface area contributed by atoms with Crippen LogP contribution in [0.25, 0.3) is 0 Å². The molecule has 0 heterocycles. The lowest BCUT2D eigenvalue weighted by Gasteiger charge is -2.59. The van der Waals surface area contributed by atoms with Crippen molar-refractivity contribution in [3.63, 3.8) is 0 Å². The predicted octanol–water partition coefficient (Wildman–Crippen LogP) is 8.86. The van der Waals surface area contributed by atoms with Crippen LogP contribution in [0, 0.1) is 34.5 Å². The molecule has 8 atom stereocenters. The van der Waals surface area contributed by atoms with Crippen molar-refractivity contribution in [3.05, 3.63) is 11.6 Å². The van der Waals surface area contributed by atoms with Crippen LogP contribution in [0.15, 0.2) is 11.6 Å². The third-order valence-electron chi connectivity index (χ3n) is 10.3. The summed E-state index contributed by atoms with van der Waals surface area (Å²) < 4.78 is 20.1. The zero-order valence-electron chi connectivity index (χ0n) is 25.6. The minimum atomic E-state index is -1.65. The van der Waals surface area contributed by atoms with Crippen LogP contribution in [0.3, 0.4) is 0 Å². The Bertz CT molecular complexity index is 823. The zero-order chi connectivity index (χ0) is 26.7. The SMILES string of the molecule is C[C@]12CC[C@H](O[Si](C)(C)C)CC1=CCC1C2CC[C@@]2(C)C1CC[C@@H]2[C@@H](CO[Si](C)(C)C)O[Si](C)(C)C. The van der Waals surface area contributed by atoms with Gasteiger partial charge in [-0.25, -0.2) is 0 Å². The molecule has 0 aromatic heterocycles. The molecule has 0 saturated heterocycles. The van der Waals surface area contributed by atoms with Crippen LogP contribution < -0.4 is 0 Å². The lowest BCUT2D eigenvalue weighted by molar-refractivity contribution is -0.0726. The highest BCUT2D eigenvalue weighted by molar-refractivity contribution is 6.70. The maximum absolute atomic E-state index is 6.94. The van der Waals surface area contributed by atoms with Gasteiger partial charge in [0.1, 0.15) is 0 Å². The molecule has 0 aliphatic heterocycles. The van der Waals surface area contributed by atoms with E-state index in [0.29, 0.717) is 22.9 Å². The highest BCUT2D eigenvalue weighted by atomic mass is 28.4. The summed E-state index contributed by atoms with van der Waals surface area (Å²) in [4.78, 5) is 0. The molecular formula is C30H58O3Si3. The first kappa shape index (κ1) is 29.3. The van der Waals surface area contributed by atoms with E-state index in [1.54, 1.807) is 5.57 Å². The summed E-state index contributed by atoms with van der Waals surface area (Å²) in [6, 6.07) is 0. The first-order chi connectivity index (χ1) is 16.4. The highest BCUT2D eigenvalue weighted by Crippen LogP contribution is 2.67. The van der Waals surface area contributed by atoms with Crippen LogP contribution in [-0.2, 0) is 13.3 Å². The molecule has 4 aliphatic rings. The number of fused-ring (bicyclic) bond motifs is 5. The van der Waals surface area contributed by atoms with Crippen LogP contribution in [-0.4, -0.2) is 43.8 Å². The standard InChI is InChI=1S/C30H58O3Si3/c1-29-18-16-23(32-35(6,7)8)20-22(29)12-13-24-25-14-15-27(30(25,2)19-17-26(24)29)28(33-36(9,10)11)21-31-34(3,4)5/h12,23-28H,13-21H2,1-11H3/t23-,24?,25?,26?,27+,28+,29-,30-/m0/s1. The van der Waals surface area contributed by atoms with Gasteiger partial charge < -0.3 is 13.3 Å². The van der Waals surface area contributed by atoms with Crippen molar-refractivity contribution in [2.75, 3.05) is 6.61 Å². The second kappa shape index (κ2) is 10.0. The van der Waals surface area contributed by atoms with Crippen LogP contribution in [0.2, 0.25) is 58.9 Å².